The molecule has 3 aliphatic rings. The van der Waals surface area contributed by atoms with E-state index in [9.17, 15) is 15.0 Å². The first-order chi connectivity index (χ1) is 15.9. The molecule has 6 nitrogen and oxygen atoms in total. The summed E-state index contributed by atoms with van der Waals surface area (Å²) in [5, 5.41) is 24.3. The number of carbonyl (C=O) groups excluding carboxylic acids is 1. The first kappa shape index (κ1) is 21.8. The molecule has 2 aliphatic carbocycles. The van der Waals surface area contributed by atoms with Crippen molar-refractivity contribution in [2.24, 2.45) is 5.92 Å². The van der Waals surface area contributed by atoms with Crippen LogP contribution < -0.4 is 10.1 Å². The second-order valence-electron chi connectivity index (χ2n) is 9.73. The molecular formula is C27H32N2O4. The molecule has 174 valence electrons. The van der Waals surface area contributed by atoms with Gasteiger partial charge in [0, 0.05) is 36.2 Å². The van der Waals surface area contributed by atoms with Gasteiger partial charge >= 0.3 is 0 Å². The smallest absolute Gasteiger partial charge is 0.246 e. The van der Waals surface area contributed by atoms with Crippen molar-refractivity contribution in [2.45, 2.75) is 49.6 Å². The molecule has 2 aromatic carbocycles. The third-order valence-electron chi connectivity index (χ3n) is 8.24. The minimum atomic E-state index is -0.0775. The number of amides is 1. The van der Waals surface area contributed by atoms with Gasteiger partial charge in [-0.3, -0.25) is 4.79 Å². The first-order valence-corrected chi connectivity index (χ1v) is 11.8. The number of hydrogen-bond acceptors (Lipinski definition) is 5. The lowest BCUT2D eigenvalue weighted by Crippen LogP contribution is -2.62. The van der Waals surface area contributed by atoms with E-state index >= 15 is 0 Å². The number of hydrogen-bond donors (Lipinski definition) is 3. The van der Waals surface area contributed by atoms with Crippen molar-refractivity contribution in [3.63, 3.8) is 0 Å². The Balaban J connectivity index is 1.38. The zero-order chi connectivity index (χ0) is 23.2. The third-order valence-corrected chi connectivity index (χ3v) is 8.24. The molecule has 0 aromatic heterocycles. The number of phenolic OH excluding ortho intramolecular Hbond substituents is 2. The van der Waals surface area contributed by atoms with Gasteiger partial charge in [0.25, 0.3) is 0 Å². The zero-order valence-corrected chi connectivity index (χ0v) is 19.3. The fraction of sp³-hybridized carbons (Fsp3) is 0.444. The maximum atomic E-state index is 13.0. The van der Waals surface area contributed by atoms with Gasteiger partial charge < -0.3 is 25.2 Å². The molecule has 5 rings (SSSR count). The van der Waals surface area contributed by atoms with Gasteiger partial charge in [-0.25, -0.2) is 0 Å². The number of piperidine rings is 1. The Morgan fingerprint density at radius 1 is 1.18 bits per heavy atom. The van der Waals surface area contributed by atoms with Crippen LogP contribution in [-0.4, -0.2) is 53.8 Å². The number of likely N-dealkylation sites (N-methyl/N-ethyl adjacent to an activating group) is 1. The average molecular weight is 449 g/mol. The van der Waals surface area contributed by atoms with Gasteiger partial charge in [-0.2, -0.15) is 0 Å². The normalized spacial score (nSPS) is 28.1. The van der Waals surface area contributed by atoms with Gasteiger partial charge in [0.15, 0.2) is 11.5 Å². The van der Waals surface area contributed by atoms with E-state index in [2.05, 4.69) is 5.32 Å². The Labute approximate surface area is 194 Å². The largest absolute Gasteiger partial charge is 0.504 e. The highest BCUT2D eigenvalue weighted by molar-refractivity contribution is 5.91. The molecule has 4 atom stereocenters. The summed E-state index contributed by atoms with van der Waals surface area (Å²) in [6.45, 7) is 0.935. The van der Waals surface area contributed by atoms with Gasteiger partial charge in [0.05, 0.1) is 7.11 Å². The number of ether oxygens (including phenoxy) is 1. The summed E-state index contributed by atoms with van der Waals surface area (Å²) in [6, 6.07) is 11.7. The maximum absolute atomic E-state index is 13.0. The van der Waals surface area contributed by atoms with Crippen LogP contribution in [0.1, 0.15) is 42.4 Å². The van der Waals surface area contributed by atoms with Gasteiger partial charge in [0.1, 0.15) is 5.75 Å². The second-order valence-corrected chi connectivity index (χ2v) is 9.73. The van der Waals surface area contributed by atoms with Crippen LogP contribution in [0.5, 0.6) is 17.2 Å². The van der Waals surface area contributed by atoms with Crippen molar-refractivity contribution in [3.8, 4) is 17.2 Å². The fourth-order valence-electron chi connectivity index (χ4n) is 6.51. The van der Waals surface area contributed by atoms with Crippen molar-refractivity contribution < 1.29 is 19.7 Å². The maximum Gasteiger partial charge on any atom is 0.246 e. The topological polar surface area (TPSA) is 82.0 Å². The lowest BCUT2D eigenvalue weighted by atomic mass is 9.51. The fourth-order valence-corrected chi connectivity index (χ4v) is 6.51. The Morgan fingerprint density at radius 3 is 2.73 bits per heavy atom. The summed E-state index contributed by atoms with van der Waals surface area (Å²) < 4.78 is 5.19. The quantitative estimate of drug-likeness (QED) is 0.492. The molecule has 1 saturated heterocycles. The molecule has 1 saturated carbocycles. The van der Waals surface area contributed by atoms with E-state index in [1.165, 1.54) is 5.56 Å². The van der Waals surface area contributed by atoms with Crippen LogP contribution in [-0.2, 0) is 16.6 Å². The van der Waals surface area contributed by atoms with Crippen molar-refractivity contribution in [1.82, 2.24) is 10.2 Å². The van der Waals surface area contributed by atoms with E-state index in [1.807, 2.05) is 48.4 Å². The van der Waals surface area contributed by atoms with Crippen LogP contribution >= 0.6 is 0 Å². The minimum Gasteiger partial charge on any atom is -0.504 e. The van der Waals surface area contributed by atoms with Gasteiger partial charge in [0.2, 0.25) is 5.91 Å². The van der Waals surface area contributed by atoms with Crippen LogP contribution in [0.3, 0.4) is 0 Å². The number of aromatic hydroxyl groups is 2. The summed E-state index contributed by atoms with van der Waals surface area (Å²) in [5.74, 6) is 1.25. The molecule has 2 bridgehead atoms. The summed E-state index contributed by atoms with van der Waals surface area (Å²) >= 11 is 0. The SMILES string of the molecule is COc1ccc(C=CC(=O)N(C)[C@H]2CC[C@H]3[C@H]4Cc5c(ccc(O)c5O)[C@@]3(CCN4)C2)cc1. The number of benzene rings is 2. The van der Waals surface area contributed by atoms with Crippen molar-refractivity contribution in [2.75, 3.05) is 20.7 Å². The van der Waals surface area contributed by atoms with E-state index in [0.717, 1.165) is 55.5 Å². The number of fused-ring (bicyclic) bond motifs is 1. The minimum absolute atomic E-state index is 0.000684. The van der Waals surface area contributed by atoms with Gasteiger partial charge in [-0.15, -0.1) is 0 Å². The molecule has 0 radical (unpaired) electrons. The number of nitrogens with one attached hydrogen (secondary N) is 1. The number of phenols is 2. The molecule has 1 amide bonds. The summed E-state index contributed by atoms with van der Waals surface area (Å²) in [5.41, 5.74) is 2.92. The number of carbonyl (C=O) groups is 1. The van der Waals surface area contributed by atoms with Crippen molar-refractivity contribution >= 4 is 12.0 Å². The molecular weight excluding hydrogens is 416 g/mol. The Kier molecular flexibility index (Phi) is 5.57. The summed E-state index contributed by atoms with van der Waals surface area (Å²) in [7, 11) is 3.54. The highest BCUT2D eigenvalue weighted by Crippen LogP contribution is 2.56. The van der Waals surface area contributed by atoms with E-state index < -0.39 is 0 Å². The molecule has 6 heteroatoms. The monoisotopic (exact) mass is 448 g/mol. The Bertz CT molecular complexity index is 1080. The van der Waals surface area contributed by atoms with E-state index in [4.69, 9.17) is 4.74 Å². The Hall–Kier alpha value is -2.99. The van der Waals surface area contributed by atoms with Gasteiger partial charge in [-0.05, 0) is 80.0 Å². The first-order valence-electron chi connectivity index (χ1n) is 11.8. The molecule has 33 heavy (non-hydrogen) atoms. The number of methoxy groups -OCH3 is 1. The second kappa shape index (κ2) is 8.41. The highest BCUT2D eigenvalue weighted by atomic mass is 16.5. The van der Waals surface area contributed by atoms with Crippen LogP contribution in [0, 0.1) is 5.92 Å². The molecule has 2 aromatic rings. The molecule has 2 fully saturated rings. The highest BCUT2D eigenvalue weighted by Gasteiger charge is 2.54. The molecule has 0 spiro atoms. The van der Waals surface area contributed by atoms with E-state index in [1.54, 1.807) is 19.3 Å². The van der Waals surface area contributed by atoms with Crippen molar-refractivity contribution in [1.29, 1.82) is 0 Å². The van der Waals surface area contributed by atoms with Crippen LogP contribution in [0.4, 0.5) is 0 Å². The number of nitrogens with zero attached hydrogens (tertiary/aromatic N) is 1. The van der Waals surface area contributed by atoms with Crippen LogP contribution in [0.25, 0.3) is 6.08 Å². The molecule has 0 unspecified atom stereocenters. The van der Waals surface area contributed by atoms with E-state index in [-0.39, 0.29) is 28.9 Å². The van der Waals surface area contributed by atoms with Crippen LogP contribution in [0.15, 0.2) is 42.5 Å². The number of rotatable bonds is 4. The lowest BCUT2D eigenvalue weighted by molar-refractivity contribution is -0.128. The lowest BCUT2D eigenvalue weighted by Gasteiger charge is -2.58. The third kappa shape index (κ3) is 3.66. The summed E-state index contributed by atoms with van der Waals surface area (Å²) in [6.07, 6.45) is 8.12. The molecule has 1 aliphatic heterocycles. The van der Waals surface area contributed by atoms with E-state index in [0.29, 0.717) is 12.0 Å². The zero-order valence-electron chi connectivity index (χ0n) is 19.3. The molecule has 1 heterocycles. The van der Waals surface area contributed by atoms with Crippen LogP contribution in [0.2, 0.25) is 0 Å². The predicted molar refractivity (Wildman–Crippen MR) is 127 cm³/mol. The Morgan fingerprint density at radius 2 is 1.97 bits per heavy atom. The van der Waals surface area contributed by atoms with Crippen molar-refractivity contribution in [3.05, 3.63) is 59.2 Å². The predicted octanol–water partition coefficient (Wildman–Crippen LogP) is 3.60. The molecule has 3 N–H and O–H groups in total. The summed E-state index contributed by atoms with van der Waals surface area (Å²) in [4.78, 5) is 14.9. The van der Waals surface area contributed by atoms with Gasteiger partial charge in [-0.1, -0.05) is 18.2 Å². The standard InChI is InChI=1S/C27H32N2O4/c1-29(25(31)12-5-17-3-7-19(33-2)8-4-17)18-6-9-22-23-15-20-21(10-11-24(30)26(20)32)27(22,16-18)13-14-28-23/h3-5,7-8,10-12,18,22-23,28,30,32H,6,9,13-16H2,1-2H3/t18-,22-,23+,27+/m0/s1. The average Bonchev–Trinajstić information content (AvgIpc) is 2.84.